The minimum atomic E-state index is -3.71. The van der Waals surface area contributed by atoms with Crippen LogP contribution in [0.15, 0.2) is 46.0 Å². The molecule has 0 saturated carbocycles. The summed E-state index contributed by atoms with van der Waals surface area (Å²) in [5, 5.41) is 3.45. The molecule has 6 nitrogen and oxygen atoms in total. The quantitative estimate of drug-likeness (QED) is 0.501. The number of rotatable bonds is 3. The number of nitrogens with two attached hydrogens (primary N) is 1. The van der Waals surface area contributed by atoms with E-state index < -0.39 is 10.0 Å². The zero-order chi connectivity index (χ0) is 11.6. The van der Waals surface area contributed by atoms with Crippen molar-refractivity contribution in [2.45, 2.75) is 4.90 Å². The molecule has 0 aliphatic rings. The maximum absolute atomic E-state index is 11.8. The number of hydrogen-bond acceptors (Lipinski definition) is 5. The second-order valence-electron chi connectivity index (χ2n) is 3.03. The maximum Gasteiger partial charge on any atom is 1.00 e. The molecule has 0 aliphatic carbocycles. The van der Waals surface area contributed by atoms with Gasteiger partial charge in [-0.05, 0) is 12.1 Å². The average Bonchev–Trinajstić information content (AvgIpc) is 2.70. The number of nitrogen functional groups attached to an aromatic ring is 1. The Bertz CT molecular complexity index is 589. The van der Waals surface area contributed by atoms with Crippen LogP contribution in [-0.2, 0) is 10.0 Å². The van der Waals surface area contributed by atoms with Crippen LogP contribution in [0.25, 0.3) is 0 Å². The van der Waals surface area contributed by atoms with E-state index in [1.165, 1.54) is 24.5 Å². The molecule has 0 atom stereocenters. The molecule has 0 spiro atoms. The van der Waals surface area contributed by atoms with Gasteiger partial charge >= 0.3 is 29.6 Å². The molecule has 0 amide bonds. The SMILES string of the molecule is Nc1ccccc1S(=O)(=O)Nc1ccon1.[H-].[Na+]. The third-order valence-corrected chi connectivity index (χ3v) is 3.31. The fourth-order valence-corrected chi connectivity index (χ4v) is 2.31. The molecule has 3 N–H and O–H groups in total. The largest absolute Gasteiger partial charge is 1.00 e. The Hall–Kier alpha value is -1.02. The predicted octanol–water partition coefficient (Wildman–Crippen LogP) is -1.83. The summed E-state index contributed by atoms with van der Waals surface area (Å²) in [5.74, 6) is 0.114. The van der Waals surface area contributed by atoms with Crippen LogP contribution >= 0.6 is 0 Å². The summed E-state index contributed by atoms with van der Waals surface area (Å²) in [5.41, 5.74) is 5.75. The first kappa shape index (κ1) is 14.0. The molecule has 2 aromatic rings. The Morgan fingerprint density at radius 1 is 1.29 bits per heavy atom. The Kier molecular flexibility index (Phi) is 4.58. The van der Waals surface area contributed by atoms with Crippen LogP contribution < -0.4 is 40.0 Å². The number of anilines is 2. The third kappa shape index (κ3) is 3.22. The van der Waals surface area contributed by atoms with Gasteiger partial charge in [0.2, 0.25) is 0 Å². The van der Waals surface area contributed by atoms with Gasteiger partial charge in [-0.3, -0.25) is 4.72 Å². The summed E-state index contributed by atoms with van der Waals surface area (Å²) in [6.45, 7) is 0. The van der Waals surface area contributed by atoms with E-state index in [1.807, 2.05) is 0 Å². The fraction of sp³-hybridized carbons (Fsp3) is 0. The van der Waals surface area contributed by atoms with E-state index >= 15 is 0 Å². The fourth-order valence-electron chi connectivity index (χ4n) is 1.18. The Balaban J connectivity index is 0.00000144. The smallest absolute Gasteiger partial charge is 1.00 e. The molecule has 1 aromatic heterocycles. The van der Waals surface area contributed by atoms with E-state index in [1.54, 1.807) is 12.1 Å². The molecule has 1 heterocycles. The van der Waals surface area contributed by atoms with Crippen molar-refractivity contribution in [2.75, 3.05) is 10.5 Å². The maximum atomic E-state index is 11.8. The van der Waals surface area contributed by atoms with Crippen LogP contribution in [0, 0.1) is 0 Å². The topological polar surface area (TPSA) is 98.2 Å². The van der Waals surface area contributed by atoms with Crippen LogP contribution in [0.1, 0.15) is 1.43 Å². The summed E-state index contributed by atoms with van der Waals surface area (Å²) in [7, 11) is -3.71. The van der Waals surface area contributed by atoms with E-state index in [2.05, 4.69) is 14.4 Å². The molecule has 0 unspecified atom stereocenters. The van der Waals surface area contributed by atoms with E-state index in [0.29, 0.717) is 0 Å². The molecule has 86 valence electrons. The molecule has 17 heavy (non-hydrogen) atoms. The van der Waals surface area contributed by atoms with Crippen LogP contribution in [0.2, 0.25) is 0 Å². The van der Waals surface area contributed by atoms with Crippen LogP contribution in [0.5, 0.6) is 0 Å². The Morgan fingerprint density at radius 2 is 2.00 bits per heavy atom. The first-order valence-electron chi connectivity index (χ1n) is 4.37. The van der Waals surface area contributed by atoms with Gasteiger partial charge < -0.3 is 11.7 Å². The molecule has 0 bridgehead atoms. The zero-order valence-electron chi connectivity index (χ0n) is 10.1. The normalized spacial score (nSPS) is 10.6. The van der Waals surface area contributed by atoms with Crippen molar-refractivity contribution in [1.29, 1.82) is 0 Å². The van der Waals surface area contributed by atoms with Crippen molar-refractivity contribution in [3.63, 3.8) is 0 Å². The number of aromatic nitrogens is 1. The summed E-state index contributed by atoms with van der Waals surface area (Å²) in [6, 6.07) is 7.57. The summed E-state index contributed by atoms with van der Waals surface area (Å²) in [4.78, 5) is 0.0120. The van der Waals surface area contributed by atoms with Gasteiger partial charge in [-0.1, -0.05) is 17.3 Å². The number of nitrogens with one attached hydrogen (secondary N) is 1. The van der Waals surface area contributed by atoms with Crippen LogP contribution in [0.3, 0.4) is 0 Å². The van der Waals surface area contributed by atoms with Gasteiger partial charge in [-0.2, -0.15) is 0 Å². The average molecular weight is 263 g/mol. The molecular formula is C9H10N3NaO3S. The molecule has 2 rings (SSSR count). The first-order valence-corrected chi connectivity index (χ1v) is 5.85. The van der Waals surface area contributed by atoms with Crippen molar-refractivity contribution in [2.24, 2.45) is 0 Å². The van der Waals surface area contributed by atoms with E-state index in [4.69, 9.17) is 5.73 Å². The van der Waals surface area contributed by atoms with E-state index in [0.717, 1.165) is 0 Å². The monoisotopic (exact) mass is 263 g/mol. The molecule has 0 aliphatic heterocycles. The molecule has 8 heteroatoms. The number of hydrogen-bond donors (Lipinski definition) is 2. The molecular weight excluding hydrogens is 253 g/mol. The minimum Gasteiger partial charge on any atom is -1.00 e. The van der Waals surface area contributed by atoms with Crippen molar-refractivity contribution in [3.05, 3.63) is 36.6 Å². The Labute approximate surface area is 122 Å². The second kappa shape index (κ2) is 5.54. The summed E-state index contributed by atoms with van der Waals surface area (Å²) >= 11 is 0. The summed E-state index contributed by atoms with van der Waals surface area (Å²) in [6.07, 6.45) is 1.27. The van der Waals surface area contributed by atoms with Crippen molar-refractivity contribution in [3.8, 4) is 0 Å². The van der Waals surface area contributed by atoms with Crippen LogP contribution in [-0.4, -0.2) is 13.6 Å². The zero-order valence-corrected chi connectivity index (χ0v) is 11.9. The number of sulfonamides is 1. The van der Waals surface area contributed by atoms with Crippen molar-refractivity contribution >= 4 is 21.5 Å². The first-order chi connectivity index (χ1) is 7.59. The second-order valence-corrected chi connectivity index (χ2v) is 4.68. The van der Waals surface area contributed by atoms with Crippen molar-refractivity contribution < 1.29 is 43.9 Å². The standard InChI is InChI=1S/C9H9N3O3S.Na.H/c10-7-3-1-2-4-8(7)16(13,14)12-9-5-6-15-11-9;;/h1-6H,10H2,(H,11,12);;/q;+1;-1. The van der Waals surface area contributed by atoms with E-state index in [-0.39, 0.29) is 47.4 Å². The summed E-state index contributed by atoms with van der Waals surface area (Å²) < 4.78 is 30.5. The number of para-hydroxylation sites is 1. The predicted molar refractivity (Wildman–Crippen MR) is 59.3 cm³/mol. The van der Waals surface area contributed by atoms with Gasteiger partial charge in [0.1, 0.15) is 11.2 Å². The molecule has 0 radical (unpaired) electrons. The number of nitrogens with zero attached hydrogens (tertiary/aromatic N) is 1. The minimum absolute atomic E-state index is 0. The van der Waals surface area contributed by atoms with Gasteiger partial charge in [-0.25, -0.2) is 8.42 Å². The third-order valence-electron chi connectivity index (χ3n) is 1.89. The number of benzene rings is 1. The Morgan fingerprint density at radius 3 is 2.59 bits per heavy atom. The van der Waals surface area contributed by atoms with Gasteiger partial charge in [0.25, 0.3) is 10.0 Å². The molecule has 0 fully saturated rings. The molecule has 1 aromatic carbocycles. The van der Waals surface area contributed by atoms with E-state index in [9.17, 15) is 8.42 Å². The van der Waals surface area contributed by atoms with Gasteiger partial charge in [0, 0.05) is 6.07 Å². The van der Waals surface area contributed by atoms with Gasteiger partial charge in [0.15, 0.2) is 5.82 Å². The van der Waals surface area contributed by atoms with Crippen LogP contribution in [0.4, 0.5) is 11.5 Å². The van der Waals surface area contributed by atoms with Gasteiger partial charge in [0.05, 0.1) is 5.69 Å². The molecule has 0 saturated heterocycles. The van der Waals surface area contributed by atoms with Gasteiger partial charge in [-0.15, -0.1) is 0 Å². The van der Waals surface area contributed by atoms with Crippen molar-refractivity contribution in [1.82, 2.24) is 5.16 Å².